The summed E-state index contributed by atoms with van der Waals surface area (Å²) in [5, 5.41) is 0. The molecule has 0 amide bonds. The Balaban J connectivity index is 3.00. The minimum absolute atomic E-state index is 0.210. The molecule has 3 nitrogen and oxygen atoms in total. The van der Waals surface area contributed by atoms with Gasteiger partial charge in [0.1, 0.15) is 0 Å². The van der Waals surface area contributed by atoms with Gasteiger partial charge in [-0.2, -0.15) is 0 Å². The summed E-state index contributed by atoms with van der Waals surface area (Å²) in [6.07, 6.45) is 1.25. The van der Waals surface area contributed by atoms with Crippen LogP contribution in [0.1, 0.15) is 0 Å². The van der Waals surface area contributed by atoms with Gasteiger partial charge in [0.05, 0.1) is 0 Å². The van der Waals surface area contributed by atoms with Crippen LogP contribution in [0.25, 0.3) is 11.0 Å². The second kappa shape index (κ2) is 2.48. The van der Waals surface area contributed by atoms with Gasteiger partial charge in [-0.25, -0.2) is 0 Å². The van der Waals surface area contributed by atoms with Gasteiger partial charge >= 0.3 is 68.9 Å². The normalized spacial score (nSPS) is 10.2. The van der Waals surface area contributed by atoms with Crippen molar-refractivity contribution in [2.45, 2.75) is 0 Å². The van der Waals surface area contributed by atoms with Crippen molar-refractivity contribution in [3.8, 4) is 0 Å². The van der Waals surface area contributed by atoms with Crippen LogP contribution < -0.4 is 5.69 Å². The second-order valence-electron chi connectivity index (χ2n) is 2.47. The molecule has 1 N–H and O–H groups in total. The molecule has 1 aromatic heterocycles. The van der Waals surface area contributed by atoms with Crippen molar-refractivity contribution in [3.05, 3.63) is 34.7 Å². The Bertz CT molecular complexity index is 483. The molecule has 0 saturated carbocycles. The van der Waals surface area contributed by atoms with Gasteiger partial charge < -0.3 is 0 Å². The summed E-state index contributed by atoms with van der Waals surface area (Å²) in [7, 11) is 5.28. The van der Waals surface area contributed by atoms with Crippen LogP contribution in [0.3, 0.4) is 0 Å². The van der Waals surface area contributed by atoms with Crippen molar-refractivity contribution in [1.29, 1.82) is 0 Å². The standard InChI is InChI=1S/C8H6BN2O/c9-5-11-7-4-2-1-3-6(7)10-8(11)12/h1-5H,(H,10,12). The number of para-hydroxylation sites is 2. The predicted molar refractivity (Wildman–Crippen MR) is 49.8 cm³/mol. The zero-order chi connectivity index (χ0) is 8.55. The fraction of sp³-hybridized carbons (Fsp3) is 0. The molecule has 0 spiro atoms. The van der Waals surface area contributed by atoms with E-state index in [9.17, 15) is 4.79 Å². The Hall–Kier alpha value is -1.58. The zero-order valence-corrected chi connectivity index (χ0v) is 6.32. The number of imidazole rings is 1. The minimum atomic E-state index is -0.210. The van der Waals surface area contributed by atoms with Crippen LogP contribution >= 0.6 is 0 Å². The number of aromatic amines is 1. The van der Waals surface area contributed by atoms with Crippen LogP contribution in [0.4, 0.5) is 0 Å². The number of fused-ring (bicyclic) bond motifs is 1. The zero-order valence-electron chi connectivity index (χ0n) is 6.32. The maximum atomic E-state index is 11.2. The van der Waals surface area contributed by atoms with E-state index in [-0.39, 0.29) is 5.69 Å². The number of hydrogen-bond donors (Lipinski definition) is 1. The fourth-order valence-corrected chi connectivity index (χ4v) is 1.22. The van der Waals surface area contributed by atoms with Crippen LogP contribution in [-0.2, 0) is 0 Å². The Kier molecular flexibility index (Phi) is 1.47. The van der Waals surface area contributed by atoms with Gasteiger partial charge in [0.25, 0.3) is 0 Å². The number of nitrogens with zero attached hydrogens (tertiary/aromatic N) is 1. The van der Waals surface area contributed by atoms with Crippen molar-refractivity contribution < 1.29 is 0 Å². The molecule has 0 bridgehead atoms. The first-order valence-corrected chi connectivity index (χ1v) is 3.57. The third kappa shape index (κ3) is 0.846. The third-order valence-electron chi connectivity index (χ3n) is 1.77. The van der Waals surface area contributed by atoms with E-state index >= 15 is 0 Å². The van der Waals surface area contributed by atoms with Crippen LogP contribution in [0.2, 0.25) is 0 Å². The number of benzene rings is 1. The first-order chi connectivity index (χ1) is 5.83. The first kappa shape index (κ1) is 7.09. The topological polar surface area (TPSA) is 37.8 Å². The molecule has 0 fully saturated rings. The van der Waals surface area contributed by atoms with Gasteiger partial charge in [-0.15, -0.1) is 0 Å². The van der Waals surface area contributed by atoms with Crippen LogP contribution in [0.15, 0.2) is 29.1 Å². The summed E-state index contributed by atoms with van der Waals surface area (Å²) in [5.74, 6) is 0. The average Bonchev–Trinajstić information content (AvgIpc) is 2.40. The van der Waals surface area contributed by atoms with Crippen LogP contribution in [0.5, 0.6) is 0 Å². The van der Waals surface area contributed by atoms with Crippen molar-refractivity contribution in [2.75, 3.05) is 0 Å². The monoisotopic (exact) mass is 157 g/mol. The van der Waals surface area contributed by atoms with Gasteiger partial charge in [-0.05, 0) is 0 Å². The molecule has 4 heteroatoms. The van der Waals surface area contributed by atoms with Crippen molar-refractivity contribution in [1.82, 2.24) is 9.55 Å². The van der Waals surface area contributed by atoms with Gasteiger partial charge in [0, 0.05) is 0 Å². The van der Waals surface area contributed by atoms with Crippen LogP contribution in [-0.4, -0.2) is 23.1 Å². The molecule has 1 radical (unpaired) electrons. The summed E-state index contributed by atoms with van der Waals surface area (Å²) in [6, 6.07) is 7.38. The molecule has 2 rings (SSSR count). The molecule has 2 aromatic rings. The first-order valence-electron chi connectivity index (χ1n) is 3.57. The Morgan fingerprint density at radius 2 is 2.17 bits per heavy atom. The summed E-state index contributed by atoms with van der Waals surface area (Å²) in [6.45, 7) is 0. The average molecular weight is 157 g/mol. The molecule has 0 aliphatic rings. The number of H-pyrrole nitrogens is 1. The molecule has 0 aliphatic heterocycles. The fourth-order valence-electron chi connectivity index (χ4n) is 1.22. The van der Waals surface area contributed by atoms with E-state index in [1.165, 1.54) is 10.7 Å². The summed E-state index contributed by atoms with van der Waals surface area (Å²) in [5.41, 5.74) is 1.38. The van der Waals surface area contributed by atoms with Crippen molar-refractivity contribution in [3.63, 3.8) is 0 Å². The molecular formula is C8H6BN2O. The predicted octanol–water partition coefficient (Wildman–Crippen LogP) is 0.106. The van der Waals surface area contributed by atoms with Crippen LogP contribution in [0, 0.1) is 0 Å². The van der Waals surface area contributed by atoms with E-state index < -0.39 is 0 Å². The van der Waals surface area contributed by atoms with E-state index in [1.54, 1.807) is 0 Å². The Morgan fingerprint density at radius 1 is 1.42 bits per heavy atom. The van der Waals surface area contributed by atoms with E-state index in [1.807, 2.05) is 24.3 Å². The van der Waals surface area contributed by atoms with Crippen molar-refractivity contribution >= 4 is 24.6 Å². The van der Waals surface area contributed by atoms with E-state index in [0.29, 0.717) is 0 Å². The number of aromatic nitrogens is 2. The molecule has 0 unspecified atom stereocenters. The molecule has 1 aromatic carbocycles. The molecule has 1 heterocycles. The van der Waals surface area contributed by atoms with Gasteiger partial charge in [0.2, 0.25) is 0 Å². The maximum absolute atomic E-state index is 11.2. The molecule has 0 saturated heterocycles. The number of nitrogens with one attached hydrogen (secondary N) is 1. The summed E-state index contributed by atoms with van der Waals surface area (Å²) < 4.78 is 1.37. The summed E-state index contributed by atoms with van der Waals surface area (Å²) in [4.78, 5) is 13.8. The van der Waals surface area contributed by atoms with Gasteiger partial charge in [-0.3, -0.25) is 0 Å². The molecule has 0 atom stereocenters. The van der Waals surface area contributed by atoms with E-state index in [0.717, 1.165) is 11.0 Å². The molecular weight excluding hydrogens is 151 g/mol. The molecule has 12 heavy (non-hydrogen) atoms. The number of hydrogen-bond acceptors (Lipinski definition) is 1. The molecule has 0 aliphatic carbocycles. The van der Waals surface area contributed by atoms with E-state index in [4.69, 9.17) is 7.49 Å². The Morgan fingerprint density at radius 3 is 2.92 bits per heavy atom. The van der Waals surface area contributed by atoms with Crippen molar-refractivity contribution in [2.24, 2.45) is 0 Å². The second-order valence-corrected chi connectivity index (χ2v) is 2.47. The third-order valence-corrected chi connectivity index (χ3v) is 1.77. The molecule has 57 valence electrons. The number of rotatable bonds is 1. The summed E-state index contributed by atoms with van der Waals surface area (Å²) >= 11 is 0. The Labute approximate surface area is 69.7 Å². The van der Waals surface area contributed by atoms with Gasteiger partial charge in [0.15, 0.2) is 0 Å². The van der Waals surface area contributed by atoms with Gasteiger partial charge in [-0.1, -0.05) is 0 Å². The quantitative estimate of drug-likeness (QED) is 0.586. The van der Waals surface area contributed by atoms with E-state index in [2.05, 4.69) is 4.98 Å². The SMILES string of the molecule is [B]=Cn1c(=O)[nH]c2ccccc21.